The molecule has 1 atom stereocenters. The van der Waals surface area contributed by atoms with Crippen LogP contribution in [0, 0.1) is 0 Å². The van der Waals surface area contributed by atoms with Crippen molar-refractivity contribution in [1.29, 1.82) is 0 Å². The largest absolute Gasteiger partial charge is 0.382 e. The zero-order valence-electron chi connectivity index (χ0n) is 11.8. The minimum atomic E-state index is 0.135. The third-order valence-electron chi connectivity index (χ3n) is 3.03. The zero-order chi connectivity index (χ0) is 14.0. The number of rotatable bonds is 8. The summed E-state index contributed by atoms with van der Waals surface area (Å²) in [5, 5.41) is 3.51. The molecule has 20 heavy (non-hydrogen) atoms. The van der Waals surface area contributed by atoms with Gasteiger partial charge in [-0.25, -0.2) is 0 Å². The minimum Gasteiger partial charge on any atom is -0.382 e. The lowest BCUT2D eigenvalue weighted by Gasteiger charge is -2.20. The molecule has 2 aromatic rings. The number of ether oxygens (including phenoxy) is 2. The first-order valence-electron chi connectivity index (χ1n) is 6.83. The summed E-state index contributed by atoms with van der Waals surface area (Å²) in [6, 6.07) is 20.7. The van der Waals surface area contributed by atoms with Crippen molar-refractivity contribution in [2.45, 2.75) is 6.04 Å². The molecule has 1 unspecified atom stereocenters. The highest BCUT2D eigenvalue weighted by atomic mass is 16.5. The number of hydrogen-bond donors (Lipinski definition) is 1. The first kappa shape index (κ1) is 14.6. The summed E-state index contributed by atoms with van der Waals surface area (Å²) in [6.45, 7) is 1.84. The van der Waals surface area contributed by atoms with Crippen molar-refractivity contribution in [3.05, 3.63) is 66.2 Å². The van der Waals surface area contributed by atoms with Crippen LogP contribution < -0.4 is 5.32 Å². The van der Waals surface area contributed by atoms with Gasteiger partial charge in [-0.15, -0.1) is 0 Å². The summed E-state index contributed by atoms with van der Waals surface area (Å²) in [4.78, 5) is 0. The molecule has 0 aliphatic carbocycles. The van der Waals surface area contributed by atoms with E-state index in [1.165, 1.54) is 5.56 Å². The van der Waals surface area contributed by atoms with Gasteiger partial charge < -0.3 is 14.8 Å². The fourth-order valence-corrected chi connectivity index (χ4v) is 1.99. The van der Waals surface area contributed by atoms with Crippen molar-refractivity contribution < 1.29 is 9.47 Å². The quantitative estimate of drug-likeness (QED) is 0.745. The predicted molar refractivity (Wildman–Crippen MR) is 81.9 cm³/mol. The lowest BCUT2D eigenvalue weighted by atomic mass is 10.1. The SMILES string of the molecule is COCCOCC(Nc1ccccc1)c1ccccc1. The number of nitrogens with one attached hydrogen (secondary N) is 1. The fraction of sp³-hybridized carbons (Fsp3) is 0.294. The summed E-state index contributed by atoms with van der Waals surface area (Å²) >= 11 is 0. The Morgan fingerprint density at radius 3 is 2.20 bits per heavy atom. The molecule has 0 saturated heterocycles. The Labute approximate surface area is 120 Å². The molecule has 2 aromatic carbocycles. The van der Waals surface area contributed by atoms with E-state index in [4.69, 9.17) is 9.47 Å². The molecule has 0 spiro atoms. The Morgan fingerprint density at radius 1 is 0.900 bits per heavy atom. The van der Waals surface area contributed by atoms with Gasteiger partial charge in [-0.2, -0.15) is 0 Å². The van der Waals surface area contributed by atoms with Crippen molar-refractivity contribution in [2.75, 3.05) is 32.2 Å². The molecule has 0 saturated carbocycles. The maximum Gasteiger partial charge on any atom is 0.0747 e. The molecule has 0 aromatic heterocycles. The normalized spacial score (nSPS) is 12.1. The van der Waals surface area contributed by atoms with E-state index in [2.05, 4.69) is 29.6 Å². The molecule has 1 N–H and O–H groups in total. The van der Waals surface area contributed by atoms with E-state index in [-0.39, 0.29) is 6.04 Å². The molecule has 3 nitrogen and oxygen atoms in total. The van der Waals surface area contributed by atoms with Crippen LogP contribution in [0.1, 0.15) is 11.6 Å². The highest BCUT2D eigenvalue weighted by Gasteiger charge is 2.11. The van der Waals surface area contributed by atoms with Gasteiger partial charge in [-0.3, -0.25) is 0 Å². The van der Waals surface area contributed by atoms with Gasteiger partial charge in [-0.05, 0) is 17.7 Å². The fourth-order valence-electron chi connectivity index (χ4n) is 1.99. The molecule has 0 fully saturated rings. The van der Waals surface area contributed by atoms with E-state index in [1.54, 1.807) is 7.11 Å². The molecule has 3 heteroatoms. The van der Waals surface area contributed by atoms with Crippen LogP contribution in [0.25, 0.3) is 0 Å². The number of hydrogen-bond acceptors (Lipinski definition) is 3. The van der Waals surface area contributed by atoms with Crippen LogP contribution in [0.15, 0.2) is 60.7 Å². The second kappa shape index (κ2) is 8.35. The van der Waals surface area contributed by atoms with Gasteiger partial charge in [0.15, 0.2) is 0 Å². The zero-order valence-corrected chi connectivity index (χ0v) is 11.8. The van der Waals surface area contributed by atoms with Crippen LogP contribution >= 0.6 is 0 Å². The van der Waals surface area contributed by atoms with Crippen molar-refractivity contribution in [3.8, 4) is 0 Å². The number of benzene rings is 2. The highest BCUT2D eigenvalue weighted by molar-refractivity contribution is 5.45. The first-order valence-corrected chi connectivity index (χ1v) is 6.83. The number of methoxy groups -OCH3 is 1. The standard InChI is InChI=1S/C17H21NO2/c1-19-12-13-20-14-17(15-8-4-2-5-9-15)18-16-10-6-3-7-11-16/h2-11,17-18H,12-14H2,1H3. The first-order chi connectivity index (χ1) is 9.90. The third-order valence-corrected chi connectivity index (χ3v) is 3.03. The van der Waals surface area contributed by atoms with Crippen molar-refractivity contribution in [1.82, 2.24) is 0 Å². The molecule has 0 aliphatic heterocycles. The topological polar surface area (TPSA) is 30.5 Å². The van der Waals surface area contributed by atoms with Crippen LogP contribution in [0.3, 0.4) is 0 Å². The molecular formula is C17H21NO2. The van der Waals surface area contributed by atoms with E-state index < -0.39 is 0 Å². The predicted octanol–water partition coefficient (Wildman–Crippen LogP) is 3.50. The Balaban J connectivity index is 2.00. The maximum atomic E-state index is 5.68. The lowest BCUT2D eigenvalue weighted by molar-refractivity contribution is 0.0658. The van der Waals surface area contributed by atoms with Gasteiger partial charge in [0, 0.05) is 12.8 Å². The second-order valence-electron chi connectivity index (χ2n) is 4.54. The Morgan fingerprint density at radius 2 is 1.55 bits per heavy atom. The molecule has 0 bridgehead atoms. The second-order valence-corrected chi connectivity index (χ2v) is 4.54. The van der Waals surface area contributed by atoms with Crippen LogP contribution in [-0.4, -0.2) is 26.9 Å². The van der Waals surface area contributed by atoms with Crippen molar-refractivity contribution >= 4 is 5.69 Å². The molecule has 2 rings (SSSR count). The monoisotopic (exact) mass is 271 g/mol. The Kier molecular flexibility index (Phi) is 6.08. The number of para-hydroxylation sites is 1. The van der Waals surface area contributed by atoms with E-state index in [9.17, 15) is 0 Å². The molecule has 106 valence electrons. The highest BCUT2D eigenvalue weighted by Crippen LogP contribution is 2.19. The van der Waals surface area contributed by atoms with Gasteiger partial charge in [0.1, 0.15) is 0 Å². The summed E-state index contributed by atoms with van der Waals surface area (Å²) in [6.07, 6.45) is 0. The van der Waals surface area contributed by atoms with Crippen molar-refractivity contribution in [2.24, 2.45) is 0 Å². The third kappa shape index (κ3) is 4.68. The summed E-state index contributed by atoms with van der Waals surface area (Å²) in [5.74, 6) is 0. The lowest BCUT2D eigenvalue weighted by Crippen LogP contribution is -2.18. The van der Waals surface area contributed by atoms with Gasteiger partial charge in [0.25, 0.3) is 0 Å². The average molecular weight is 271 g/mol. The number of anilines is 1. The molecule has 0 aliphatic rings. The Hall–Kier alpha value is -1.84. The van der Waals surface area contributed by atoms with Gasteiger partial charge in [0.2, 0.25) is 0 Å². The molecule has 0 amide bonds. The molecular weight excluding hydrogens is 250 g/mol. The van der Waals surface area contributed by atoms with Gasteiger partial charge in [-0.1, -0.05) is 48.5 Å². The van der Waals surface area contributed by atoms with E-state index >= 15 is 0 Å². The van der Waals surface area contributed by atoms with E-state index in [1.807, 2.05) is 36.4 Å². The Bertz CT molecular complexity index is 473. The van der Waals surface area contributed by atoms with Crippen LogP contribution in [0.2, 0.25) is 0 Å². The summed E-state index contributed by atoms with van der Waals surface area (Å²) in [7, 11) is 1.68. The van der Waals surface area contributed by atoms with Gasteiger partial charge in [0.05, 0.1) is 25.9 Å². The molecule has 0 heterocycles. The summed E-state index contributed by atoms with van der Waals surface area (Å²) in [5.41, 5.74) is 2.31. The maximum absolute atomic E-state index is 5.68. The van der Waals surface area contributed by atoms with Crippen LogP contribution in [0.4, 0.5) is 5.69 Å². The van der Waals surface area contributed by atoms with Gasteiger partial charge >= 0.3 is 0 Å². The smallest absolute Gasteiger partial charge is 0.0747 e. The van der Waals surface area contributed by atoms with Crippen LogP contribution in [-0.2, 0) is 9.47 Å². The van der Waals surface area contributed by atoms with E-state index in [0.29, 0.717) is 19.8 Å². The molecule has 0 radical (unpaired) electrons. The summed E-state index contributed by atoms with van der Waals surface area (Å²) < 4.78 is 10.7. The van der Waals surface area contributed by atoms with Crippen molar-refractivity contribution in [3.63, 3.8) is 0 Å². The van der Waals surface area contributed by atoms with Crippen LogP contribution in [0.5, 0.6) is 0 Å². The van der Waals surface area contributed by atoms with E-state index in [0.717, 1.165) is 5.69 Å². The minimum absolute atomic E-state index is 0.135. The average Bonchev–Trinajstić information content (AvgIpc) is 2.52.